The van der Waals surface area contributed by atoms with E-state index in [-0.39, 0.29) is 18.0 Å². The lowest BCUT2D eigenvalue weighted by Crippen LogP contribution is -2.47. The molecule has 0 saturated carbocycles. The van der Waals surface area contributed by atoms with E-state index in [9.17, 15) is 10.0 Å². The Morgan fingerprint density at radius 2 is 2.00 bits per heavy atom. The number of hydrogen-bond acceptors (Lipinski definition) is 6. The number of nitrogens with zero attached hydrogens (tertiary/aromatic N) is 3. The van der Waals surface area contributed by atoms with Gasteiger partial charge in [-0.05, 0) is 104 Å². The van der Waals surface area contributed by atoms with Crippen molar-refractivity contribution in [2.24, 2.45) is 5.92 Å². The Kier molecular flexibility index (Phi) is 8.06. The minimum absolute atomic E-state index is 0.0563. The van der Waals surface area contributed by atoms with Crippen molar-refractivity contribution in [3.63, 3.8) is 0 Å². The highest BCUT2D eigenvalue weighted by Crippen LogP contribution is 2.38. The quantitative estimate of drug-likeness (QED) is 0.130. The summed E-state index contributed by atoms with van der Waals surface area (Å²) in [6.45, 7) is 5.57. The average molecular weight is 683 g/mol. The van der Waals surface area contributed by atoms with Crippen LogP contribution < -0.4 is 24.4 Å². The van der Waals surface area contributed by atoms with Crippen LogP contribution in [0.25, 0.3) is 0 Å². The molecule has 1 aromatic heterocycles. The number of benzene rings is 2. The maximum absolute atomic E-state index is 13.6. The van der Waals surface area contributed by atoms with Crippen LogP contribution in [0.15, 0.2) is 54.4 Å². The molecule has 0 spiro atoms. The van der Waals surface area contributed by atoms with E-state index >= 15 is 0 Å². The predicted octanol–water partition coefficient (Wildman–Crippen LogP) is 6.30. The maximum atomic E-state index is 13.6. The second-order valence-electron chi connectivity index (χ2n) is 11.0. The maximum Gasteiger partial charge on any atom is 0.262 e. The van der Waals surface area contributed by atoms with E-state index in [1.807, 2.05) is 44.3 Å². The summed E-state index contributed by atoms with van der Waals surface area (Å²) in [6.07, 6.45) is 9.08. The van der Waals surface area contributed by atoms with E-state index in [1.54, 1.807) is 24.3 Å². The second kappa shape index (κ2) is 11.9. The molecular weight excluding hydrogens is 647 g/mol. The van der Waals surface area contributed by atoms with E-state index in [0.717, 1.165) is 62.4 Å². The van der Waals surface area contributed by atoms with Gasteiger partial charge in [0.1, 0.15) is 11.9 Å². The third-order valence-electron chi connectivity index (χ3n) is 8.11. The Balaban J connectivity index is 1.09. The molecule has 2 aliphatic heterocycles. The second-order valence-corrected chi connectivity index (χ2v) is 12.2. The summed E-state index contributed by atoms with van der Waals surface area (Å²) in [6, 6.07) is 11.7. The van der Waals surface area contributed by atoms with Crippen molar-refractivity contribution in [2.45, 2.75) is 52.2 Å². The number of hydrogen-bond donors (Lipinski definition) is 1. The van der Waals surface area contributed by atoms with Crippen LogP contribution in [-0.2, 0) is 6.54 Å². The molecule has 3 aliphatic rings. The molecule has 0 saturated heterocycles. The number of anilines is 2. The Bertz CT molecular complexity index is 1580. The van der Waals surface area contributed by atoms with Gasteiger partial charge in [0, 0.05) is 27.9 Å². The van der Waals surface area contributed by atoms with Crippen LogP contribution in [0.1, 0.15) is 54.2 Å². The zero-order chi connectivity index (χ0) is 29.4. The highest BCUT2D eigenvalue weighted by Gasteiger charge is 2.33. The number of carbonyl (C=O) groups excluding carboxylic acids is 1. The molecule has 10 heteroatoms. The third kappa shape index (κ3) is 5.44. The SMILES string of the molecule is COc1c(OCCCOc2ccc3c(c2)C(=O)N(c2ccc(I)cc2C)C(C)N3)cn2c1C=[N+]([O-])C1=CCCC[C@H]1C2. The number of allylic oxidation sites excluding steroid dienone is 2. The Labute approximate surface area is 259 Å². The lowest BCUT2D eigenvalue weighted by molar-refractivity contribution is -0.406. The average Bonchev–Trinajstić information content (AvgIpc) is 3.22. The number of aryl methyl sites for hydroxylation is 1. The smallest absolute Gasteiger partial charge is 0.262 e. The van der Waals surface area contributed by atoms with Crippen molar-refractivity contribution in [2.75, 3.05) is 30.5 Å². The first kappa shape index (κ1) is 28.4. The minimum atomic E-state index is -0.176. The van der Waals surface area contributed by atoms with E-state index in [2.05, 4.69) is 44.6 Å². The van der Waals surface area contributed by atoms with Crippen LogP contribution in [-0.4, -0.2) is 47.9 Å². The molecule has 42 heavy (non-hydrogen) atoms. The van der Waals surface area contributed by atoms with Crippen LogP contribution in [0, 0.1) is 21.6 Å². The van der Waals surface area contributed by atoms with Gasteiger partial charge in [-0.2, -0.15) is 4.74 Å². The Morgan fingerprint density at radius 1 is 1.17 bits per heavy atom. The van der Waals surface area contributed by atoms with Gasteiger partial charge in [-0.3, -0.25) is 9.69 Å². The number of aromatic nitrogens is 1. The predicted molar refractivity (Wildman–Crippen MR) is 171 cm³/mol. The highest BCUT2D eigenvalue weighted by atomic mass is 127. The zero-order valence-corrected chi connectivity index (χ0v) is 26.2. The van der Waals surface area contributed by atoms with Crippen molar-refractivity contribution in [1.29, 1.82) is 0 Å². The van der Waals surface area contributed by atoms with E-state index < -0.39 is 0 Å². The van der Waals surface area contributed by atoms with Gasteiger partial charge in [-0.15, -0.1) is 0 Å². The third-order valence-corrected chi connectivity index (χ3v) is 8.78. The van der Waals surface area contributed by atoms with Gasteiger partial charge < -0.3 is 29.3 Å². The fourth-order valence-electron chi connectivity index (χ4n) is 6.07. The Morgan fingerprint density at radius 3 is 2.81 bits per heavy atom. The summed E-state index contributed by atoms with van der Waals surface area (Å²) in [7, 11) is 1.60. The summed E-state index contributed by atoms with van der Waals surface area (Å²) in [5.74, 6) is 1.96. The number of carbonyl (C=O) groups is 1. The number of fused-ring (bicyclic) bond motifs is 3. The summed E-state index contributed by atoms with van der Waals surface area (Å²) in [5.41, 5.74) is 4.90. The number of halogens is 1. The van der Waals surface area contributed by atoms with Gasteiger partial charge in [0.05, 0.1) is 38.0 Å². The summed E-state index contributed by atoms with van der Waals surface area (Å²) in [5, 5.41) is 16.2. The van der Waals surface area contributed by atoms with Crippen LogP contribution in [0.3, 0.4) is 0 Å². The van der Waals surface area contributed by atoms with Crippen LogP contribution in [0.5, 0.6) is 17.2 Å². The molecule has 1 unspecified atom stereocenters. The molecule has 1 N–H and O–H groups in total. The fourth-order valence-corrected chi connectivity index (χ4v) is 6.72. The van der Waals surface area contributed by atoms with Gasteiger partial charge in [-0.25, -0.2) is 0 Å². The molecule has 220 valence electrons. The van der Waals surface area contributed by atoms with Crippen molar-refractivity contribution >= 4 is 46.1 Å². The number of rotatable bonds is 8. The molecule has 3 aromatic rings. The summed E-state index contributed by atoms with van der Waals surface area (Å²) >= 11 is 2.28. The number of amides is 1. The van der Waals surface area contributed by atoms with Gasteiger partial charge >= 0.3 is 0 Å². The number of ether oxygens (including phenoxy) is 3. The molecule has 6 rings (SSSR count). The van der Waals surface area contributed by atoms with Gasteiger partial charge in [0.25, 0.3) is 5.91 Å². The van der Waals surface area contributed by atoms with Gasteiger partial charge in [0.2, 0.25) is 6.21 Å². The molecule has 3 heterocycles. The van der Waals surface area contributed by atoms with Gasteiger partial charge in [0.15, 0.2) is 22.9 Å². The molecule has 2 aromatic carbocycles. The Hall–Kier alpha value is -3.67. The normalized spacial score (nSPS) is 19.4. The molecule has 9 nitrogen and oxygen atoms in total. The van der Waals surface area contributed by atoms with Crippen LogP contribution in [0.2, 0.25) is 0 Å². The lowest BCUT2D eigenvalue weighted by Gasteiger charge is -2.36. The molecule has 2 atom stereocenters. The number of hydroxylamine groups is 1. The van der Waals surface area contributed by atoms with Crippen LogP contribution in [0.4, 0.5) is 11.4 Å². The standard InChI is InChI=1S/C32H35IN4O5/c1-20-15-23(33)9-12-27(20)37-21(2)34-26-11-10-24(16-25(26)32(37)38)41-13-6-14-42-30-19-35-17-22-7-4-5-8-28(22)36(39)18-29(35)31(30)40-3/h8-12,15-16,18-19,21-22,34H,4-7,13-14,17H2,1-3H3/t21?,22-/m0/s1. The van der Waals surface area contributed by atoms with Crippen LogP contribution >= 0.6 is 22.6 Å². The zero-order valence-electron chi connectivity index (χ0n) is 24.1. The van der Waals surface area contributed by atoms with Crippen molar-refractivity contribution in [3.8, 4) is 17.2 Å². The molecule has 1 aliphatic carbocycles. The number of methoxy groups -OCH3 is 1. The first-order valence-electron chi connectivity index (χ1n) is 14.4. The topological polar surface area (TPSA) is 91.0 Å². The van der Waals surface area contributed by atoms with E-state index in [1.165, 1.54) is 0 Å². The molecule has 0 fully saturated rings. The van der Waals surface area contributed by atoms with Crippen molar-refractivity contribution in [1.82, 2.24) is 4.57 Å². The van der Waals surface area contributed by atoms with Crippen molar-refractivity contribution in [3.05, 3.63) is 80.0 Å². The summed E-state index contributed by atoms with van der Waals surface area (Å²) < 4.78 is 21.9. The lowest BCUT2D eigenvalue weighted by atomic mass is 9.92. The minimum Gasteiger partial charge on any atom is -0.618 e. The van der Waals surface area contributed by atoms with E-state index in [4.69, 9.17) is 14.2 Å². The summed E-state index contributed by atoms with van der Waals surface area (Å²) in [4.78, 5) is 15.4. The first-order chi connectivity index (χ1) is 20.3. The van der Waals surface area contributed by atoms with E-state index in [0.29, 0.717) is 42.4 Å². The molecular formula is C32H35IN4O5. The van der Waals surface area contributed by atoms with Crippen molar-refractivity contribution < 1.29 is 23.7 Å². The molecule has 0 bridgehead atoms. The highest BCUT2D eigenvalue weighted by molar-refractivity contribution is 14.1. The van der Waals surface area contributed by atoms with Gasteiger partial charge in [-0.1, -0.05) is 0 Å². The number of nitrogens with one attached hydrogen (secondary N) is 1. The first-order valence-corrected chi connectivity index (χ1v) is 15.5. The molecule has 0 radical (unpaired) electrons. The largest absolute Gasteiger partial charge is 0.618 e. The monoisotopic (exact) mass is 682 g/mol. The fraction of sp³-hybridized carbons (Fsp3) is 0.375. The molecule has 1 amide bonds.